The van der Waals surface area contributed by atoms with Gasteiger partial charge in [-0.15, -0.1) is 0 Å². The molecule has 0 saturated heterocycles. The quantitative estimate of drug-likeness (QED) is 0.280. The molecule has 8 heteroatoms. The van der Waals surface area contributed by atoms with Crippen molar-refractivity contribution in [2.75, 3.05) is 10.3 Å². The fraction of sp³-hybridized carbons (Fsp3) is 0.0833. The van der Waals surface area contributed by atoms with E-state index in [1.807, 2.05) is 78.9 Å². The number of hydrazone groups is 2. The van der Waals surface area contributed by atoms with E-state index in [0.29, 0.717) is 18.0 Å². The van der Waals surface area contributed by atoms with Crippen LogP contribution in [-0.2, 0) is 4.79 Å². The largest absolute Gasteiger partial charge is 0.331 e. The molecular weight excluding hydrogens is 486 g/mol. The van der Waals surface area contributed by atoms with Crippen LogP contribution in [0.5, 0.6) is 0 Å². The Morgan fingerprint density at radius 3 is 2.44 bits per heavy atom. The third-order valence-electron chi connectivity index (χ3n) is 4.76. The van der Waals surface area contributed by atoms with Gasteiger partial charge in [-0.1, -0.05) is 58.4 Å². The Balaban J connectivity index is 1.38. The van der Waals surface area contributed by atoms with Crippen LogP contribution in [0.25, 0.3) is 0 Å². The number of halogens is 1. The summed E-state index contributed by atoms with van der Waals surface area (Å²) in [6.07, 6.45) is 2.74. The average Bonchev–Trinajstić information content (AvgIpc) is 2.82. The summed E-state index contributed by atoms with van der Waals surface area (Å²) in [7, 11) is 0. The maximum absolute atomic E-state index is 12.4. The highest BCUT2D eigenvalue weighted by molar-refractivity contribution is 9.10. The number of nitrogens with zero attached hydrogens (tertiary/aromatic N) is 3. The Morgan fingerprint density at radius 1 is 1.00 bits per heavy atom. The molecular formula is C24H20BrN5OS. The second kappa shape index (κ2) is 10.3. The molecule has 6 nitrogen and oxygen atoms in total. The molecule has 3 aromatic rings. The van der Waals surface area contributed by atoms with E-state index < -0.39 is 0 Å². The molecule has 0 bridgehead atoms. The van der Waals surface area contributed by atoms with Crippen molar-refractivity contribution in [1.29, 1.82) is 0 Å². The number of benzene rings is 3. The molecule has 1 heterocycles. The minimum atomic E-state index is -0.0165. The first-order valence-corrected chi connectivity index (χ1v) is 11.2. The lowest BCUT2D eigenvalue weighted by Crippen LogP contribution is -2.31. The fourth-order valence-corrected chi connectivity index (χ4v) is 3.59. The van der Waals surface area contributed by atoms with Crippen LogP contribution in [0.3, 0.4) is 0 Å². The molecule has 0 spiro atoms. The first kappa shape index (κ1) is 21.9. The molecule has 1 aliphatic rings. The van der Waals surface area contributed by atoms with Gasteiger partial charge in [0.05, 0.1) is 17.6 Å². The number of hydrogen-bond donors (Lipinski definition) is 2. The number of nitrogens with one attached hydrogen (secondary N) is 2. The predicted molar refractivity (Wildman–Crippen MR) is 137 cm³/mol. The minimum Gasteiger partial charge on any atom is -0.331 e. The second-order valence-corrected chi connectivity index (χ2v) is 8.36. The van der Waals surface area contributed by atoms with E-state index in [-0.39, 0.29) is 5.91 Å². The third kappa shape index (κ3) is 5.66. The molecule has 3 aromatic carbocycles. The van der Waals surface area contributed by atoms with E-state index in [2.05, 4.69) is 36.9 Å². The summed E-state index contributed by atoms with van der Waals surface area (Å²) < 4.78 is 0.997. The van der Waals surface area contributed by atoms with E-state index in [4.69, 9.17) is 12.2 Å². The van der Waals surface area contributed by atoms with E-state index in [1.165, 1.54) is 5.01 Å². The zero-order chi connectivity index (χ0) is 22.3. The molecule has 0 atom stereocenters. The zero-order valence-corrected chi connectivity index (χ0v) is 19.4. The maximum Gasteiger partial charge on any atom is 0.247 e. The van der Waals surface area contributed by atoms with Crippen molar-refractivity contribution in [3.63, 3.8) is 0 Å². The number of carbonyl (C=O) groups excluding carboxylic acids is 1. The van der Waals surface area contributed by atoms with Gasteiger partial charge in [0.15, 0.2) is 5.11 Å². The van der Waals surface area contributed by atoms with Gasteiger partial charge in [-0.25, -0.2) is 5.01 Å². The van der Waals surface area contributed by atoms with Crippen LogP contribution in [-0.4, -0.2) is 22.9 Å². The molecule has 0 unspecified atom stereocenters. The summed E-state index contributed by atoms with van der Waals surface area (Å²) in [4.78, 5) is 12.4. The van der Waals surface area contributed by atoms with Gasteiger partial charge in [0.2, 0.25) is 5.91 Å². The van der Waals surface area contributed by atoms with E-state index in [0.717, 1.165) is 32.7 Å². The molecule has 1 amide bonds. The van der Waals surface area contributed by atoms with Crippen LogP contribution in [0, 0.1) is 0 Å². The van der Waals surface area contributed by atoms with Crippen molar-refractivity contribution in [2.24, 2.45) is 10.2 Å². The van der Waals surface area contributed by atoms with Gasteiger partial charge in [-0.3, -0.25) is 10.2 Å². The van der Waals surface area contributed by atoms with Gasteiger partial charge in [-0.05, 0) is 59.7 Å². The Morgan fingerprint density at radius 2 is 1.72 bits per heavy atom. The van der Waals surface area contributed by atoms with Crippen molar-refractivity contribution < 1.29 is 4.79 Å². The van der Waals surface area contributed by atoms with Gasteiger partial charge >= 0.3 is 0 Å². The summed E-state index contributed by atoms with van der Waals surface area (Å²) >= 11 is 8.65. The van der Waals surface area contributed by atoms with E-state index >= 15 is 0 Å². The van der Waals surface area contributed by atoms with Crippen LogP contribution >= 0.6 is 28.1 Å². The molecule has 0 aliphatic carbocycles. The number of carbonyl (C=O) groups is 1. The number of anilines is 2. The fourth-order valence-electron chi connectivity index (χ4n) is 3.15. The van der Waals surface area contributed by atoms with Crippen molar-refractivity contribution in [1.82, 2.24) is 5.43 Å². The average molecular weight is 506 g/mol. The van der Waals surface area contributed by atoms with Gasteiger partial charge in [0.1, 0.15) is 0 Å². The smallest absolute Gasteiger partial charge is 0.247 e. The van der Waals surface area contributed by atoms with Crippen LogP contribution in [0.2, 0.25) is 0 Å². The molecule has 0 saturated carbocycles. The lowest BCUT2D eigenvalue weighted by atomic mass is 10.0. The van der Waals surface area contributed by atoms with Crippen molar-refractivity contribution >= 4 is 62.5 Å². The van der Waals surface area contributed by atoms with Crippen LogP contribution in [0.4, 0.5) is 11.4 Å². The molecule has 0 radical (unpaired) electrons. The molecule has 32 heavy (non-hydrogen) atoms. The highest BCUT2D eigenvalue weighted by atomic mass is 79.9. The molecule has 2 N–H and O–H groups in total. The summed E-state index contributed by atoms with van der Waals surface area (Å²) in [5, 5.41) is 13.7. The van der Waals surface area contributed by atoms with E-state index in [1.54, 1.807) is 6.21 Å². The summed E-state index contributed by atoms with van der Waals surface area (Å²) in [6.45, 7) is 0. The minimum absolute atomic E-state index is 0.0165. The standard InChI is InChI=1S/C24H20BrN5OS/c25-19-8-10-20(11-9-19)27-24(32)28-26-16-17-6-12-21(13-7-17)30-23(31)15-14-22(29-30)18-4-2-1-3-5-18/h1-13,16H,14-15H2,(H2,27,28,32). The highest BCUT2D eigenvalue weighted by Gasteiger charge is 2.22. The monoisotopic (exact) mass is 505 g/mol. The normalized spacial score (nSPS) is 13.7. The number of amides is 1. The molecule has 4 rings (SSSR count). The van der Waals surface area contributed by atoms with Crippen molar-refractivity contribution in [3.05, 3.63) is 94.5 Å². The molecule has 1 aliphatic heterocycles. The second-order valence-electron chi connectivity index (χ2n) is 7.04. The van der Waals surface area contributed by atoms with Crippen LogP contribution < -0.4 is 15.8 Å². The van der Waals surface area contributed by atoms with Gasteiger partial charge < -0.3 is 5.32 Å². The summed E-state index contributed by atoms with van der Waals surface area (Å²) in [5.74, 6) is -0.0165. The van der Waals surface area contributed by atoms with Crippen molar-refractivity contribution in [2.45, 2.75) is 12.8 Å². The lowest BCUT2D eigenvalue weighted by molar-refractivity contribution is -0.118. The van der Waals surface area contributed by atoms with Crippen LogP contribution in [0.15, 0.2) is 93.5 Å². The van der Waals surface area contributed by atoms with Gasteiger partial charge in [0, 0.05) is 23.0 Å². The summed E-state index contributed by atoms with van der Waals surface area (Å²) in [6, 6.07) is 25.1. The van der Waals surface area contributed by atoms with Gasteiger partial charge in [-0.2, -0.15) is 10.2 Å². The van der Waals surface area contributed by atoms with Crippen molar-refractivity contribution in [3.8, 4) is 0 Å². The molecule has 160 valence electrons. The predicted octanol–water partition coefficient (Wildman–Crippen LogP) is 5.30. The third-order valence-corrected chi connectivity index (χ3v) is 5.48. The maximum atomic E-state index is 12.4. The van der Waals surface area contributed by atoms with E-state index in [9.17, 15) is 4.79 Å². The Hall–Kier alpha value is -3.36. The zero-order valence-electron chi connectivity index (χ0n) is 17.0. The highest BCUT2D eigenvalue weighted by Crippen LogP contribution is 2.22. The number of hydrogen-bond acceptors (Lipinski definition) is 4. The summed E-state index contributed by atoms with van der Waals surface area (Å²) in [5.41, 5.74) is 7.19. The topological polar surface area (TPSA) is 69.1 Å². The Kier molecular flexibility index (Phi) is 7.03. The molecule has 0 fully saturated rings. The van der Waals surface area contributed by atoms with Gasteiger partial charge in [0.25, 0.3) is 0 Å². The molecule has 0 aromatic heterocycles. The first-order valence-electron chi connectivity index (χ1n) is 10.00. The first-order chi connectivity index (χ1) is 15.6. The SMILES string of the molecule is O=C1CCC(c2ccccc2)=NN1c1ccc(C=NNC(=S)Nc2ccc(Br)cc2)cc1. The Bertz CT molecular complexity index is 1160. The lowest BCUT2D eigenvalue weighted by Gasteiger charge is -2.23. The number of rotatable bonds is 5. The Labute approximate surface area is 200 Å². The van der Waals surface area contributed by atoms with Crippen LogP contribution in [0.1, 0.15) is 24.0 Å². The number of thiocarbonyl (C=S) groups is 1.